The number of nitrogens with zero attached hydrogens (tertiary/aromatic N) is 1. The molecule has 1 aliphatic heterocycles. The van der Waals surface area contributed by atoms with Gasteiger partial charge in [-0.3, -0.25) is 4.79 Å². The number of Topliss-reactive ketones (excluding diaryl/α,β-unsaturated/α-hetero) is 1. The molecule has 0 bridgehead atoms. The molecule has 1 N–H and O–H groups in total. The molecular formula is C9H10N2O. The number of anilines is 1. The molecule has 3 nitrogen and oxygen atoms in total. The van der Waals surface area contributed by atoms with Crippen molar-refractivity contribution < 1.29 is 4.79 Å². The van der Waals surface area contributed by atoms with Crippen LogP contribution in [-0.2, 0) is 0 Å². The van der Waals surface area contributed by atoms with E-state index in [1.807, 2.05) is 31.3 Å². The van der Waals surface area contributed by atoms with Crippen LogP contribution in [0.4, 0.5) is 5.69 Å². The highest BCUT2D eigenvalue weighted by atomic mass is 16.1. The smallest absolute Gasteiger partial charge is 0.180 e. The number of likely N-dealkylation sites (N-methyl/N-ethyl adjacent to an activating group) is 1. The highest BCUT2D eigenvalue weighted by Gasteiger charge is 2.18. The number of hydrazine groups is 1. The van der Waals surface area contributed by atoms with E-state index in [1.54, 1.807) is 5.01 Å². The van der Waals surface area contributed by atoms with Crippen LogP contribution >= 0.6 is 0 Å². The molecular weight excluding hydrogens is 152 g/mol. The normalized spacial score (nSPS) is 16.9. The number of benzene rings is 1. The van der Waals surface area contributed by atoms with Crippen molar-refractivity contribution in [2.75, 3.05) is 19.0 Å². The third-order valence-electron chi connectivity index (χ3n) is 1.92. The van der Waals surface area contributed by atoms with E-state index in [-0.39, 0.29) is 5.78 Å². The number of carbonyl (C=O) groups is 1. The summed E-state index contributed by atoms with van der Waals surface area (Å²) in [7, 11) is 1.86. The molecule has 1 heterocycles. The molecule has 0 atom stereocenters. The fourth-order valence-corrected chi connectivity index (χ4v) is 1.37. The van der Waals surface area contributed by atoms with Gasteiger partial charge in [0.1, 0.15) is 0 Å². The van der Waals surface area contributed by atoms with Crippen LogP contribution in [0, 0.1) is 0 Å². The summed E-state index contributed by atoms with van der Waals surface area (Å²) >= 11 is 0. The first-order chi connectivity index (χ1) is 5.77. The Morgan fingerprint density at radius 1 is 1.42 bits per heavy atom. The molecule has 3 heteroatoms. The summed E-state index contributed by atoms with van der Waals surface area (Å²) in [4.78, 5) is 11.4. The number of hydrogen-bond acceptors (Lipinski definition) is 3. The third kappa shape index (κ3) is 1.08. The largest absolute Gasteiger partial charge is 0.318 e. The quantitative estimate of drug-likeness (QED) is 0.621. The number of hydrogen-bond donors (Lipinski definition) is 1. The van der Waals surface area contributed by atoms with E-state index in [1.165, 1.54) is 0 Å². The fourth-order valence-electron chi connectivity index (χ4n) is 1.37. The molecule has 1 aromatic carbocycles. The summed E-state index contributed by atoms with van der Waals surface area (Å²) in [5.74, 6) is 0.173. The average molecular weight is 162 g/mol. The van der Waals surface area contributed by atoms with E-state index in [9.17, 15) is 4.79 Å². The minimum Gasteiger partial charge on any atom is -0.318 e. The second-order valence-electron chi connectivity index (χ2n) is 2.94. The van der Waals surface area contributed by atoms with Gasteiger partial charge in [-0.1, -0.05) is 12.1 Å². The van der Waals surface area contributed by atoms with Crippen molar-refractivity contribution in [3.63, 3.8) is 0 Å². The second kappa shape index (κ2) is 2.60. The Labute approximate surface area is 71.0 Å². The van der Waals surface area contributed by atoms with Gasteiger partial charge in [-0.25, -0.2) is 5.01 Å². The zero-order chi connectivity index (χ0) is 8.55. The van der Waals surface area contributed by atoms with Crippen molar-refractivity contribution in [3.8, 4) is 0 Å². The van der Waals surface area contributed by atoms with Crippen molar-refractivity contribution in [2.45, 2.75) is 0 Å². The Kier molecular flexibility index (Phi) is 1.59. The van der Waals surface area contributed by atoms with E-state index in [2.05, 4.69) is 5.43 Å². The lowest BCUT2D eigenvalue weighted by atomic mass is 10.1. The topological polar surface area (TPSA) is 32.3 Å². The Morgan fingerprint density at radius 3 is 3.00 bits per heavy atom. The van der Waals surface area contributed by atoms with Crippen LogP contribution in [0.2, 0.25) is 0 Å². The number of ketones is 1. The molecule has 0 radical (unpaired) electrons. The number of rotatable bonds is 0. The minimum atomic E-state index is 0.173. The van der Waals surface area contributed by atoms with Crippen LogP contribution in [0.25, 0.3) is 0 Å². The summed E-state index contributed by atoms with van der Waals surface area (Å²) in [5, 5.41) is 1.78. The molecule has 0 saturated heterocycles. The maximum Gasteiger partial charge on any atom is 0.180 e. The number of carbonyl (C=O) groups excluding carboxylic acids is 1. The molecule has 0 unspecified atom stereocenters. The standard InChI is InChI=1S/C9H10N2O/c1-11-6-9(12)7-4-2-3-5-8(7)10-11/h2-5,10H,6H2,1H3. The molecule has 0 saturated carbocycles. The van der Waals surface area contributed by atoms with Crippen LogP contribution in [0.15, 0.2) is 24.3 Å². The van der Waals surface area contributed by atoms with Crippen LogP contribution in [0.5, 0.6) is 0 Å². The molecule has 0 spiro atoms. The highest BCUT2D eigenvalue weighted by Crippen LogP contribution is 2.19. The molecule has 0 aliphatic carbocycles. The Balaban J connectivity index is 2.47. The summed E-state index contributed by atoms with van der Waals surface area (Å²) in [6.45, 7) is 0.441. The summed E-state index contributed by atoms with van der Waals surface area (Å²) in [5.41, 5.74) is 4.79. The first-order valence-corrected chi connectivity index (χ1v) is 3.87. The van der Waals surface area contributed by atoms with Crippen molar-refractivity contribution >= 4 is 11.5 Å². The van der Waals surface area contributed by atoms with Crippen molar-refractivity contribution in [3.05, 3.63) is 29.8 Å². The van der Waals surface area contributed by atoms with Gasteiger partial charge in [0.2, 0.25) is 0 Å². The Hall–Kier alpha value is -1.35. The monoisotopic (exact) mass is 162 g/mol. The van der Waals surface area contributed by atoms with Gasteiger partial charge in [0, 0.05) is 12.6 Å². The highest BCUT2D eigenvalue weighted by molar-refractivity contribution is 6.03. The molecule has 62 valence electrons. The molecule has 0 amide bonds. The zero-order valence-corrected chi connectivity index (χ0v) is 6.87. The molecule has 2 rings (SSSR count). The summed E-state index contributed by atoms with van der Waals surface area (Å²) < 4.78 is 0. The van der Waals surface area contributed by atoms with Gasteiger partial charge < -0.3 is 5.43 Å². The van der Waals surface area contributed by atoms with Gasteiger partial charge in [0.25, 0.3) is 0 Å². The van der Waals surface area contributed by atoms with Crippen LogP contribution in [-0.4, -0.2) is 24.4 Å². The Morgan fingerprint density at radius 2 is 2.17 bits per heavy atom. The molecule has 1 aliphatic rings. The maximum absolute atomic E-state index is 11.4. The average Bonchev–Trinajstić information content (AvgIpc) is 2.04. The van der Waals surface area contributed by atoms with Crippen molar-refractivity contribution in [1.29, 1.82) is 0 Å². The predicted octanol–water partition coefficient (Wildman–Crippen LogP) is 1.14. The third-order valence-corrected chi connectivity index (χ3v) is 1.92. The van der Waals surface area contributed by atoms with Gasteiger partial charge in [0.15, 0.2) is 5.78 Å². The molecule has 0 fully saturated rings. The van der Waals surface area contributed by atoms with E-state index in [0.717, 1.165) is 11.3 Å². The van der Waals surface area contributed by atoms with Gasteiger partial charge in [-0.15, -0.1) is 0 Å². The van der Waals surface area contributed by atoms with Gasteiger partial charge >= 0.3 is 0 Å². The molecule has 0 aromatic heterocycles. The van der Waals surface area contributed by atoms with E-state index in [0.29, 0.717) is 6.54 Å². The van der Waals surface area contributed by atoms with E-state index >= 15 is 0 Å². The molecule has 1 aromatic rings. The lowest BCUT2D eigenvalue weighted by Gasteiger charge is -2.25. The SMILES string of the molecule is CN1CC(=O)c2ccccc2N1. The fraction of sp³-hybridized carbons (Fsp3) is 0.222. The second-order valence-corrected chi connectivity index (χ2v) is 2.94. The number of nitrogens with one attached hydrogen (secondary N) is 1. The number of fused-ring (bicyclic) bond motifs is 1. The van der Waals surface area contributed by atoms with Gasteiger partial charge in [-0.2, -0.15) is 0 Å². The van der Waals surface area contributed by atoms with Crippen molar-refractivity contribution in [1.82, 2.24) is 5.01 Å². The Bertz CT molecular complexity index is 322. The lowest BCUT2D eigenvalue weighted by molar-refractivity contribution is 0.0947. The zero-order valence-electron chi connectivity index (χ0n) is 6.87. The van der Waals surface area contributed by atoms with Gasteiger partial charge in [0.05, 0.1) is 12.2 Å². The van der Waals surface area contributed by atoms with E-state index in [4.69, 9.17) is 0 Å². The predicted molar refractivity (Wildman–Crippen MR) is 47.0 cm³/mol. The van der Waals surface area contributed by atoms with Crippen molar-refractivity contribution in [2.24, 2.45) is 0 Å². The maximum atomic E-state index is 11.4. The number of para-hydroxylation sites is 1. The summed E-state index contributed by atoms with van der Waals surface area (Å²) in [6, 6.07) is 7.54. The minimum absolute atomic E-state index is 0.173. The first kappa shape index (κ1) is 7.31. The first-order valence-electron chi connectivity index (χ1n) is 3.87. The van der Waals surface area contributed by atoms with Crippen LogP contribution in [0.3, 0.4) is 0 Å². The summed E-state index contributed by atoms with van der Waals surface area (Å²) in [6.07, 6.45) is 0. The van der Waals surface area contributed by atoms with Crippen LogP contribution < -0.4 is 5.43 Å². The van der Waals surface area contributed by atoms with Crippen LogP contribution in [0.1, 0.15) is 10.4 Å². The van der Waals surface area contributed by atoms with E-state index < -0.39 is 0 Å². The molecule has 12 heavy (non-hydrogen) atoms. The van der Waals surface area contributed by atoms with Gasteiger partial charge in [-0.05, 0) is 12.1 Å². The lowest BCUT2D eigenvalue weighted by Crippen LogP contribution is -2.36.